The third kappa shape index (κ3) is 5.83. The summed E-state index contributed by atoms with van der Waals surface area (Å²) < 4.78 is 12.3. The van der Waals surface area contributed by atoms with Crippen LogP contribution in [0.1, 0.15) is 5.56 Å². The van der Waals surface area contributed by atoms with Gasteiger partial charge in [-0.25, -0.2) is 5.43 Å². The highest BCUT2D eigenvalue weighted by atomic mass is 127. The molecular weight excluding hydrogens is 475 g/mol. The smallest absolute Gasteiger partial charge is 0.277 e. The average molecular weight is 489 g/mol. The van der Waals surface area contributed by atoms with Gasteiger partial charge in [0.2, 0.25) is 0 Å². The lowest BCUT2D eigenvalue weighted by Gasteiger charge is -2.08. The van der Waals surface area contributed by atoms with Crippen LogP contribution < -0.4 is 14.9 Å². The molecule has 1 N–H and O–H groups in total. The highest BCUT2D eigenvalue weighted by molar-refractivity contribution is 14.1. The third-order valence-electron chi connectivity index (χ3n) is 2.75. The molecule has 0 aliphatic carbocycles. The predicted octanol–water partition coefficient (Wildman–Crippen LogP) is 3.59. The van der Waals surface area contributed by atoms with Crippen molar-refractivity contribution >= 4 is 50.6 Å². The van der Waals surface area contributed by atoms with Gasteiger partial charge in [0.25, 0.3) is 5.91 Å². The molecule has 5 nitrogen and oxygen atoms in total. The molecular formula is C16H14BrIN2O3. The van der Waals surface area contributed by atoms with Crippen LogP contribution in [0.15, 0.2) is 52.0 Å². The average Bonchev–Trinajstić information content (AvgIpc) is 2.53. The van der Waals surface area contributed by atoms with Crippen molar-refractivity contribution < 1.29 is 14.3 Å². The van der Waals surface area contributed by atoms with Crippen molar-refractivity contribution in [2.75, 3.05) is 13.7 Å². The second kappa shape index (κ2) is 8.88. The van der Waals surface area contributed by atoms with Gasteiger partial charge >= 0.3 is 0 Å². The summed E-state index contributed by atoms with van der Waals surface area (Å²) in [4.78, 5) is 11.7. The molecule has 0 bridgehead atoms. The van der Waals surface area contributed by atoms with Gasteiger partial charge < -0.3 is 9.47 Å². The first-order chi connectivity index (χ1) is 11.1. The molecule has 23 heavy (non-hydrogen) atoms. The molecule has 0 spiro atoms. The van der Waals surface area contributed by atoms with Crippen LogP contribution in [0.5, 0.6) is 11.5 Å². The first-order valence-electron chi connectivity index (χ1n) is 6.62. The topological polar surface area (TPSA) is 59.9 Å². The van der Waals surface area contributed by atoms with Gasteiger partial charge in [0, 0.05) is 3.57 Å². The van der Waals surface area contributed by atoms with Crippen LogP contribution in [0.3, 0.4) is 0 Å². The van der Waals surface area contributed by atoms with Gasteiger partial charge in [0.1, 0.15) is 11.5 Å². The Morgan fingerprint density at radius 3 is 2.87 bits per heavy atom. The van der Waals surface area contributed by atoms with Crippen LogP contribution in [-0.2, 0) is 4.79 Å². The fourth-order valence-corrected chi connectivity index (χ4v) is 2.71. The van der Waals surface area contributed by atoms with E-state index >= 15 is 0 Å². The van der Waals surface area contributed by atoms with Crippen molar-refractivity contribution in [1.29, 1.82) is 0 Å². The van der Waals surface area contributed by atoms with E-state index in [-0.39, 0.29) is 12.5 Å². The molecule has 1 amide bonds. The van der Waals surface area contributed by atoms with Crippen molar-refractivity contribution in [3.8, 4) is 11.5 Å². The molecule has 0 aliphatic heterocycles. The zero-order valence-electron chi connectivity index (χ0n) is 12.3. The molecule has 2 aromatic carbocycles. The maximum Gasteiger partial charge on any atom is 0.277 e. The van der Waals surface area contributed by atoms with Crippen molar-refractivity contribution in [2.24, 2.45) is 5.10 Å². The zero-order valence-corrected chi connectivity index (χ0v) is 16.0. The van der Waals surface area contributed by atoms with E-state index in [4.69, 9.17) is 9.47 Å². The van der Waals surface area contributed by atoms with Crippen LogP contribution in [0, 0.1) is 3.57 Å². The van der Waals surface area contributed by atoms with Gasteiger partial charge in [-0.1, -0.05) is 12.1 Å². The Hall–Kier alpha value is -1.61. The molecule has 0 fully saturated rings. The second-order valence-corrected chi connectivity index (χ2v) is 6.53. The number of amides is 1. The molecule has 0 heterocycles. The van der Waals surface area contributed by atoms with Crippen LogP contribution in [0.4, 0.5) is 0 Å². The fraction of sp³-hybridized carbons (Fsp3) is 0.125. The number of hydrogen-bond donors (Lipinski definition) is 1. The molecule has 0 atom stereocenters. The van der Waals surface area contributed by atoms with Gasteiger partial charge in [-0.05, 0) is 74.4 Å². The summed E-state index contributed by atoms with van der Waals surface area (Å²) in [6.45, 7) is -0.130. The summed E-state index contributed by atoms with van der Waals surface area (Å²) in [6, 6.07) is 13.0. The number of nitrogens with one attached hydrogen (secondary N) is 1. The quantitative estimate of drug-likeness (QED) is 0.384. The van der Waals surface area contributed by atoms with E-state index in [1.54, 1.807) is 31.5 Å². The summed E-state index contributed by atoms with van der Waals surface area (Å²) in [7, 11) is 1.58. The highest BCUT2D eigenvalue weighted by Gasteiger charge is 2.06. The minimum atomic E-state index is -0.338. The van der Waals surface area contributed by atoms with E-state index in [1.165, 1.54) is 0 Å². The van der Waals surface area contributed by atoms with Crippen molar-refractivity contribution in [2.45, 2.75) is 0 Å². The Morgan fingerprint density at radius 1 is 1.35 bits per heavy atom. The summed E-state index contributed by atoms with van der Waals surface area (Å²) in [5.41, 5.74) is 3.34. The Balaban J connectivity index is 1.83. The Labute approximate surface area is 156 Å². The number of carbonyl (C=O) groups excluding carboxylic acids is 1. The first-order valence-corrected chi connectivity index (χ1v) is 8.49. The number of carbonyl (C=O) groups is 1. The summed E-state index contributed by atoms with van der Waals surface area (Å²) >= 11 is 5.58. The molecule has 0 saturated heterocycles. The Bertz CT molecular complexity index is 722. The maximum absolute atomic E-state index is 11.7. The summed E-state index contributed by atoms with van der Waals surface area (Å²) in [5, 5.41) is 3.91. The molecule has 0 radical (unpaired) electrons. The monoisotopic (exact) mass is 488 g/mol. The van der Waals surface area contributed by atoms with E-state index in [1.807, 2.05) is 24.3 Å². The molecule has 0 unspecified atom stereocenters. The highest BCUT2D eigenvalue weighted by Crippen LogP contribution is 2.28. The van der Waals surface area contributed by atoms with E-state index in [0.717, 1.165) is 9.13 Å². The van der Waals surface area contributed by atoms with Crippen molar-refractivity contribution in [3.63, 3.8) is 0 Å². The predicted molar refractivity (Wildman–Crippen MR) is 101 cm³/mol. The fourth-order valence-electron chi connectivity index (χ4n) is 1.67. The number of benzene rings is 2. The van der Waals surface area contributed by atoms with Crippen molar-refractivity contribution in [3.05, 3.63) is 56.1 Å². The van der Waals surface area contributed by atoms with Crippen LogP contribution >= 0.6 is 38.5 Å². The first kappa shape index (κ1) is 17.7. The van der Waals surface area contributed by atoms with Gasteiger partial charge in [-0.2, -0.15) is 5.10 Å². The van der Waals surface area contributed by atoms with Gasteiger partial charge in [0.15, 0.2) is 6.61 Å². The number of halogens is 2. The normalized spacial score (nSPS) is 10.6. The number of methoxy groups -OCH3 is 1. The van der Waals surface area contributed by atoms with E-state index < -0.39 is 0 Å². The lowest BCUT2D eigenvalue weighted by atomic mass is 10.2. The van der Waals surface area contributed by atoms with E-state index in [9.17, 15) is 4.79 Å². The molecule has 0 aliphatic rings. The minimum absolute atomic E-state index is 0.130. The number of nitrogens with zero attached hydrogens (tertiary/aromatic N) is 1. The summed E-state index contributed by atoms with van der Waals surface area (Å²) in [6.07, 6.45) is 1.59. The summed E-state index contributed by atoms with van der Waals surface area (Å²) in [5.74, 6) is 0.924. The van der Waals surface area contributed by atoms with E-state index in [2.05, 4.69) is 49.0 Å². The molecule has 2 rings (SSSR count). The number of ether oxygens (including phenoxy) is 2. The lowest BCUT2D eigenvalue weighted by molar-refractivity contribution is -0.123. The maximum atomic E-state index is 11.7. The van der Waals surface area contributed by atoms with Crippen molar-refractivity contribution in [1.82, 2.24) is 5.43 Å². The Morgan fingerprint density at radius 2 is 2.17 bits per heavy atom. The Kier molecular flexibility index (Phi) is 6.85. The van der Waals surface area contributed by atoms with Gasteiger partial charge in [-0.15, -0.1) is 0 Å². The minimum Gasteiger partial charge on any atom is -0.497 e. The lowest BCUT2D eigenvalue weighted by Crippen LogP contribution is -2.24. The largest absolute Gasteiger partial charge is 0.497 e. The standard InChI is InChI=1S/C16H14BrIN2O3/c1-22-13-5-6-15(14(17)8-13)23-10-16(21)20-19-9-11-3-2-4-12(18)7-11/h2-9H,10H2,1H3,(H,20,21). The molecule has 2 aromatic rings. The number of hydrogen-bond acceptors (Lipinski definition) is 4. The molecule has 120 valence electrons. The van der Waals surface area contributed by atoms with Gasteiger partial charge in [-0.3, -0.25) is 4.79 Å². The number of rotatable bonds is 6. The van der Waals surface area contributed by atoms with Crippen LogP contribution in [0.25, 0.3) is 0 Å². The molecule has 0 saturated carbocycles. The zero-order chi connectivity index (χ0) is 16.7. The number of hydrazone groups is 1. The van der Waals surface area contributed by atoms with Crippen LogP contribution in [0.2, 0.25) is 0 Å². The van der Waals surface area contributed by atoms with Gasteiger partial charge in [0.05, 0.1) is 17.8 Å². The molecule has 0 aromatic heterocycles. The SMILES string of the molecule is COc1ccc(OCC(=O)NN=Cc2cccc(I)c2)c(Br)c1. The second-order valence-electron chi connectivity index (χ2n) is 4.43. The third-order valence-corrected chi connectivity index (χ3v) is 4.04. The molecule has 7 heteroatoms. The van der Waals surface area contributed by atoms with Crippen LogP contribution in [-0.4, -0.2) is 25.8 Å². The van der Waals surface area contributed by atoms with E-state index in [0.29, 0.717) is 16.0 Å².